The molecule has 0 radical (unpaired) electrons. The van der Waals surface area contributed by atoms with Gasteiger partial charge in [-0.3, -0.25) is 10.9 Å². The summed E-state index contributed by atoms with van der Waals surface area (Å²) in [6, 6.07) is 0. The van der Waals surface area contributed by atoms with Crippen molar-refractivity contribution in [1.29, 1.82) is 0 Å². The number of hydrogen-bond donors (Lipinski definition) is 4. The Morgan fingerprint density at radius 3 is 1.69 bits per heavy atom. The maximum absolute atomic E-state index is 3.48. The van der Waals surface area contributed by atoms with Crippen molar-refractivity contribution in [1.82, 2.24) is 21.5 Å². The summed E-state index contributed by atoms with van der Waals surface area (Å²) in [6.45, 7) is 10.9. The van der Waals surface area contributed by atoms with E-state index in [1.165, 1.54) is 25.7 Å². The largest absolute Gasteiger partial charge is 0.317 e. The van der Waals surface area contributed by atoms with Crippen molar-refractivity contribution in [2.24, 2.45) is 0 Å². The second-order valence-corrected chi connectivity index (χ2v) is 3.97. The Morgan fingerprint density at radius 1 is 0.562 bits per heavy atom. The third kappa shape index (κ3) is 13.8. The highest BCUT2D eigenvalue weighted by Gasteiger charge is 1.90. The van der Waals surface area contributed by atoms with Gasteiger partial charge in [0.2, 0.25) is 0 Å². The molecule has 0 saturated heterocycles. The van der Waals surface area contributed by atoms with Crippen LogP contribution in [0.1, 0.15) is 39.5 Å². The summed E-state index contributed by atoms with van der Waals surface area (Å²) < 4.78 is 0. The number of rotatable bonds is 13. The van der Waals surface area contributed by atoms with Crippen molar-refractivity contribution in [2.45, 2.75) is 39.5 Å². The normalized spacial score (nSPS) is 10.9. The molecule has 0 spiro atoms. The van der Waals surface area contributed by atoms with E-state index in [1.807, 2.05) is 0 Å². The molecule has 0 amide bonds. The van der Waals surface area contributed by atoms with E-state index in [4.69, 9.17) is 0 Å². The molecule has 4 N–H and O–H groups in total. The van der Waals surface area contributed by atoms with Crippen molar-refractivity contribution >= 4 is 0 Å². The van der Waals surface area contributed by atoms with Crippen LogP contribution in [0.2, 0.25) is 0 Å². The molecule has 0 aliphatic carbocycles. The first-order chi connectivity index (χ1) is 7.91. The van der Waals surface area contributed by atoms with Crippen molar-refractivity contribution in [3.05, 3.63) is 0 Å². The van der Waals surface area contributed by atoms with Gasteiger partial charge >= 0.3 is 0 Å². The van der Waals surface area contributed by atoms with Crippen LogP contribution in [0.15, 0.2) is 0 Å². The molecule has 98 valence electrons. The minimum absolute atomic E-state index is 0.990. The summed E-state index contributed by atoms with van der Waals surface area (Å²) in [4.78, 5) is 0. The smallest absolute Gasteiger partial charge is 0.0100 e. The molecule has 0 aromatic heterocycles. The minimum Gasteiger partial charge on any atom is -0.317 e. The Bertz CT molecular complexity index is 106. The number of unbranched alkanes of at least 4 members (excludes halogenated alkanes) is 2. The fourth-order valence-electron chi connectivity index (χ4n) is 1.48. The Kier molecular flexibility index (Phi) is 14.7. The monoisotopic (exact) mass is 230 g/mol. The SMILES string of the molecule is CCNCCCCNCCCCNNCC. The van der Waals surface area contributed by atoms with Gasteiger partial charge in [-0.05, 0) is 51.9 Å². The van der Waals surface area contributed by atoms with Crippen molar-refractivity contribution in [3.8, 4) is 0 Å². The highest BCUT2D eigenvalue weighted by atomic mass is 15.3. The fraction of sp³-hybridized carbons (Fsp3) is 1.00. The molecule has 0 aromatic rings. The molecule has 0 rings (SSSR count). The molecule has 4 heteroatoms. The third-order valence-electron chi connectivity index (χ3n) is 2.41. The van der Waals surface area contributed by atoms with E-state index in [1.54, 1.807) is 0 Å². The number of hydrazine groups is 1. The van der Waals surface area contributed by atoms with E-state index in [-0.39, 0.29) is 0 Å². The van der Waals surface area contributed by atoms with Gasteiger partial charge in [0, 0.05) is 13.1 Å². The predicted molar refractivity (Wildman–Crippen MR) is 71.6 cm³/mol. The Hall–Kier alpha value is -0.160. The van der Waals surface area contributed by atoms with Crippen LogP contribution in [0.5, 0.6) is 0 Å². The Balaban J connectivity index is 2.83. The van der Waals surface area contributed by atoms with Gasteiger partial charge in [0.05, 0.1) is 0 Å². The molecule has 0 atom stereocenters. The quantitative estimate of drug-likeness (QED) is 0.280. The summed E-state index contributed by atoms with van der Waals surface area (Å²) >= 11 is 0. The summed E-state index contributed by atoms with van der Waals surface area (Å²) in [5, 5.41) is 6.81. The number of hydrogen-bond acceptors (Lipinski definition) is 4. The summed E-state index contributed by atoms with van der Waals surface area (Å²) in [5.74, 6) is 0. The van der Waals surface area contributed by atoms with Gasteiger partial charge in [-0.15, -0.1) is 0 Å². The molecule has 0 aliphatic heterocycles. The number of nitrogens with one attached hydrogen (secondary N) is 4. The van der Waals surface area contributed by atoms with Crippen LogP contribution < -0.4 is 21.5 Å². The van der Waals surface area contributed by atoms with Crippen LogP contribution in [0.4, 0.5) is 0 Å². The molecule has 0 bridgehead atoms. The summed E-state index contributed by atoms with van der Waals surface area (Å²) in [6.07, 6.45) is 5.05. The first-order valence-corrected chi connectivity index (χ1v) is 6.79. The lowest BCUT2D eigenvalue weighted by molar-refractivity contribution is 0.512. The third-order valence-corrected chi connectivity index (χ3v) is 2.41. The topological polar surface area (TPSA) is 48.1 Å². The zero-order chi connectivity index (χ0) is 11.9. The Morgan fingerprint density at radius 2 is 1.12 bits per heavy atom. The van der Waals surface area contributed by atoms with E-state index in [9.17, 15) is 0 Å². The average Bonchev–Trinajstić information content (AvgIpc) is 2.31. The first kappa shape index (κ1) is 15.8. The van der Waals surface area contributed by atoms with Crippen molar-refractivity contribution < 1.29 is 0 Å². The van der Waals surface area contributed by atoms with Crippen LogP contribution in [0.25, 0.3) is 0 Å². The van der Waals surface area contributed by atoms with Gasteiger partial charge < -0.3 is 10.6 Å². The molecule has 0 aliphatic rings. The van der Waals surface area contributed by atoms with Crippen LogP contribution in [-0.2, 0) is 0 Å². The average molecular weight is 230 g/mol. The van der Waals surface area contributed by atoms with Crippen LogP contribution in [-0.4, -0.2) is 39.3 Å². The van der Waals surface area contributed by atoms with Crippen molar-refractivity contribution in [2.75, 3.05) is 39.3 Å². The van der Waals surface area contributed by atoms with Gasteiger partial charge in [-0.25, -0.2) is 0 Å². The molecule has 0 heterocycles. The van der Waals surface area contributed by atoms with E-state index in [0.717, 1.165) is 39.3 Å². The first-order valence-electron chi connectivity index (χ1n) is 6.79. The second-order valence-electron chi connectivity index (χ2n) is 3.97. The highest BCUT2D eigenvalue weighted by molar-refractivity contribution is 4.52. The maximum atomic E-state index is 3.48. The summed E-state index contributed by atoms with van der Waals surface area (Å²) in [7, 11) is 0. The van der Waals surface area contributed by atoms with Crippen molar-refractivity contribution in [3.63, 3.8) is 0 Å². The lowest BCUT2D eigenvalue weighted by atomic mass is 10.3. The van der Waals surface area contributed by atoms with E-state index < -0.39 is 0 Å². The molecule has 0 saturated carbocycles. The molecule has 16 heavy (non-hydrogen) atoms. The van der Waals surface area contributed by atoms with Gasteiger partial charge in [0.15, 0.2) is 0 Å². The van der Waals surface area contributed by atoms with Gasteiger partial charge in [0.1, 0.15) is 0 Å². The van der Waals surface area contributed by atoms with E-state index in [0.29, 0.717) is 0 Å². The van der Waals surface area contributed by atoms with Crippen LogP contribution >= 0.6 is 0 Å². The van der Waals surface area contributed by atoms with E-state index in [2.05, 4.69) is 35.3 Å². The molecule has 0 fully saturated rings. The maximum Gasteiger partial charge on any atom is 0.0100 e. The van der Waals surface area contributed by atoms with E-state index >= 15 is 0 Å². The molecular formula is C12H30N4. The molecule has 4 nitrogen and oxygen atoms in total. The van der Waals surface area contributed by atoms with Gasteiger partial charge in [0.25, 0.3) is 0 Å². The van der Waals surface area contributed by atoms with Crippen LogP contribution in [0, 0.1) is 0 Å². The second kappa shape index (κ2) is 14.8. The zero-order valence-electron chi connectivity index (χ0n) is 11.1. The molecular weight excluding hydrogens is 200 g/mol. The minimum atomic E-state index is 0.990. The summed E-state index contributed by atoms with van der Waals surface area (Å²) in [5.41, 5.74) is 6.28. The lowest BCUT2D eigenvalue weighted by Crippen LogP contribution is -2.32. The standard InChI is InChI=1S/C12H30N4/c1-3-13-9-5-6-10-14-11-7-8-12-16-15-4-2/h13-16H,3-12H2,1-2H3. The molecule has 0 unspecified atom stereocenters. The highest BCUT2D eigenvalue weighted by Crippen LogP contribution is 1.87. The van der Waals surface area contributed by atoms with Gasteiger partial charge in [-0.2, -0.15) is 0 Å². The fourth-order valence-corrected chi connectivity index (χ4v) is 1.48. The zero-order valence-corrected chi connectivity index (χ0v) is 11.1. The van der Waals surface area contributed by atoms with Gasteiger partial charge in [-0.1, -0.05) is 13.8 Å². The predicted octanol–water partition coefficient (Wildman–Crippen LogP) is 0.860. The van der Waals surface area contributed by atoms with Crippen LogP contribution in [0.3, 0.4) is 0 Å². The Labute approximate surface area is 101 Å². The lowest BCUT2D eigenvalue weighted by Gasteiger charge is -2.06. The molecule has 0 aromatic carbocycles.